The van der Waals surface area contributed by atoms with Gasteiger partial charge in [-0.05, 0) is 30.2 Å². The molecule has 1 aliphatic heterocycles. The van der Waals surface area contributed by atoms with Crippen molar-refractivity contribution < 1.29 is 14.3 Å². The maximum atomic E-state index is 12.7. The zero-order chi connectivity index (χ0) is 13.8. The third-order valence-electron chi connectivity index (χ3n) is 3.50. The summed E-state index contributed by atoms with van der Waals surface area (Å²) in [5.41, 5.74) is 0. The zero-order valence-electron chi connectivity index (χ0n) is 10.9. The number of rotatable bonds is 5. The molecule has 5 heteroatoms. The van der Waals surface area contributed by atoms with E-state index >= 15 is 0 Å². The molecular formula is C14H18FNO2S. The van der Waals surface area contributed by atoms with Crippen molar-refractivity contribution in [1.82, 2.24) is 4.90 Å². The molecule has 0 unspecified atom stereocenters. The number of hydrogen-bond donors (Lipinski definition) is 1. The molecule has 19 heavy (non-hydrogen) atoms. The topological polar surface area (TPSA) is 40.5 Å². The van der Waals surface area contributed by atoms with Crippen LogP contribution in [0, 0.1) is 17.7 Å². The average Bonchev–Trinajstić information content (AvgIpc) is 2.73. The van der Waals surface area contributed by atoms with Crippen molar-refractivity contribution in [3.05, 3.63) is 30.1 Å². The van der Waals surface area contributed by atoms with Crippen molar-refractivity contribution in [2.45, 2.75) is 11.8 Å². The summed E-state index contributed by atoms with van der Waals surface area (Å²) >= 11 is 1.67. The van der Waals surface area contributed by atoms with Gasteiger partial charge in [0.15, 0.2) is 0 Å². The molecule has 0 aliphatic carbocycles. The van der Waals surface area contributed by atoms with E-state index in [1.54, 1.807) is 23.9 Å². The predicted octanol–water partition coefficient (Wildman–Crippen LogP) is 2.57. The molecule has 1 aromatic rings. The van der Waals surface area contributed by atoms with E-state index in [0.717, 1.165) is 23.7 Å². The molecule has 1 N–H and O–H groups in total. The molecule has 0 radical (unpaired) electrons. The number of halogens is 1. The van der Waals surface area contributed by atoms with E-state index in [-0.39, 0.29) is 17.7 Å². The van der Waals surface area contributed by atoms with Crippen molar-refractivity contribution in [2.75, 3.05) is 25.4 Å². The summed E-state index contributed by atoms with van der Waals surface area (Å²) in [5, 5.41) is 9.06. The first-order chi connectivity index (χ1) is 9.06. The second kappa shape index (κ2) is 6.39. The van der Waals surface area contributed by atoms with Gasteiger partial charge in [0.05, 0.1) is 5.92 Å². The fourth-order valence-electron chi connectivity index (χ4n) is 2.39. The summed E-state index contributed by atoms with van der Waals surface area (Å²) in [4.78, 5) is 14.3. The highest BCUT2D eigenvalue weighted by atomic mass is 32.2. The van der Waals surface area contributed by atoms with Crippen LogP contribution in [0.3, 0.4) is 0 Å². The summed E-state index contributed by atoms with van der Waals surface area (Å²) in [6.07, 6.45) is 0. The molecule has 1 aromatic carbocycles. The normalized spacial score (nSPS) is 23.7. The molecule has 0 spiro atoms. The van der Waals surface area contributed by atoms with Gasteiger partial charge < -0.3 is 10.0 Å². The first kappa shape index (κ1) is 14.3. The number of aliphatic carboxylic acids is 1. The van der Waals surface area contributed by atoms with E-state index in [2.05, 4.69) is 4.90 Å². The van der Waals surface area contributed by atoms with Gasteiger partial charge in [0.1, 0.15) is 5.82 Å². The Morgan fingerprint density at radius 1 is 1.42 bits per heavy atom. The smallest absolute Gasteiger partial charge is 0.308 e. The Morgan fingerprint density at radius 2 is 2.11 bits per heavy atom. The van der Waals surface area contributed by atoms with Gasteiger partial charge in [-0.15, -0.1) is 11.8 Å². The van der Waals surface area contributed by atoms with Crippen LogP contribution in [0.2, 0.25) is 0 Å². The molecule has 0 bridgehead atoms. The quantitative estimate of drug-likeness (QED) is 0.843. The lowest BCUT2D eigenvalue weighted by Crippen LogP contribution is -2.25. The van der Waals surface area contributed by atoms with Gasteiger partial charge in [-0.2, -0.15) is 0 Å². The van der Waals surface area contributed by atoms with Crippen LogP contribution in [0.1, 0.15) is 6.92 Å². The van der Waals surface area contributed by atoms with Crippen molar-refractivity contribution in [2.24, 2.45) is 11.8 Å². The third-order valence-corrected chi connectivity index (χ3v) is 4.49. The molecule has 2 atom stereocenters. The largest absolute Gasteiger partial charge is 0.481 e. The number of benzene rings is 1. The first-order valence-corrected chi connectivity index (χ1v) is 7.38. The molecule has 1 saturated heterocycles. The van der Waals surface area contributed by atoms with Crippen LogP contribution < -0.4 is 0 Å². The Bertz CT molecular complexity index is 438. The number of carboxylic acids is 1. The molecule has 104 valence electrons. The van der Waals surface area contributed by atoms with E-state index in [4.69, 9.17) is 5.11 Å². The number of nitrogens with zero attached hydrogens (tertiary/aromatic N) is 1. The van der Waals surface area contributed by atoms with E-state index in [1.165, 1.54) is 12.1 Å². The van der Waals surface area contributed by atoms with Crippen LogP contribution in [0.25, 0.3) is 0 Å². The molecule has 1 fully saturated rings. The molecule has 3 nitrogen and oxygen atoms in total. The van der Waals surface area contributed by atoms with Gasteiger partial charge in [0, 0.05) is 30.3 Å². The summed E-state index contributed by atoms with van der Waals surface area (Å²) in [6.45, 7) is 4.35. The number of carbonyl (C=O) groups is 1. The Labute approximate surface area is 116 Å². The van der Waals surface area contributed by atoms with Gasteiger partial charge >= 0.3 is 5.97 Å². The molecule has 0 aromatic heterocycles. The van der Waals surface area contributed by atoms with E-state index in [9.17, 15) is 9.18 Å². The minimum absolute atomic E-state index is 0.216. The summed E-state index contributed by atoms with van der Waals surface area (Å²) < 4.78 is 12.7. The fraction of sp³-hybridized carbons (Fsp3) is 0.500. The number of likely N-dealkylation sites (tertiary alicyclic amines) is 1. The standard InChI is InChI=1S/C14H18FNO2S/c1-10-8-16(9-13(10)14(17)18)6-7-19-12-4-2-11(15)3-5-12/h2-5,10,13H,6-9H2,1H3,(H,17,18)/t10-,13-/m1/s1. The van der Waals surface area contributed by atoms with Crippen LogP contribution in [0.5, 0.6) is 0 Å². The monoisotopic (exact) mass is 283 g/mol. The molecule has 2 rings (SSSR count). The highest BCUT2D eigenvalue weighted by Crippen LogP contribution is 2.24. The highest BCUT2D eigenvalue weighted by molar-refractivity contribution is 7.99. The van der Waals surface area contributed by atoms with Gasteiger partial charge in [0.2, 0.25) is 0 Å². The van der Waals surface area contributed by atoms with Crippen LogP contribution in [-0.2, 0) is 4.79 Å². The van der Waals surface area contributed by atoms with Crippen molar-refractivity contribution >= 4 is 17.7 Å². The number of hydrogen-bond acceptors (Lipinski definition) is 3. The Morgan fingerprint density at radius 3 is 2.68 bits per heavy atom. The number of thioether (sulfide) groups is 1. The summed E-state index contributed by atoms with van der Waals surface area (Å²) in [5.74, 6) is -0.0441. The molecule has 0 saturated carbocycles. The maximum absolute atomic E-state index is 12.7. The third kappa shape index (κ3) is 3.94. The molecule has 1 heterocycles. The SMILES string of the molecule is C[C@@H]1CN(CCSc2ccc(F)cc2)C[C@H]1C(=O)O. The van der Waals surface area contributed by atoms with Crippen LogP contribution in [0.4, 0.5) is 4.39 Å². The van der Waals surface area contributed by atoms with Gasteiger partial charge in [-0.3, -0.25) is 4.79 Å². The minimum Gasteiger partial charge on any atom is -0.481 e. The maximum Gasteiger partial charge on any atom is 0.308 e. The van der Waals surface area contributed by atoms with Crippen LogP contribution in [0.15, 0.2) is 29.2 Å². The van der Waals surface area contributed by atoms with Gasteiger partial charge in [-0.1, -0.05) is 6.92 Å². The van der Waals surface area contributed by atoms with E-state index in [0.29, 0.717) is 6.54 Å². The second-order valence-electron chi connectivity index (χ2n) is 4.98. The summed E-state index contributed by atoms with van der Waals surface area (Å²) in [6, 6.07) is 6.46. The summed E-state index contributed by atoms with van der Waals surface area (Å²) in [7, 11) is 0. The molecule has 0 amide bonds. The lowest BCUT2D eigenvalue weighted by Gasteiger charge is -2.14. The Balaban J connectivity index is 1.75. The van der Waals surface area contributed by atoms with Crippen molar-refractivity contribution in [1.29, 1.82) is 0 Å². The van der Waals surface area contributed by atoms with E-state index in [1.807, 2.05) is 6.92 Å². The Kier molecular flexibility index (Phi) is 4.82. The number of carboxylic acid groups (broad SMARTS) is 1. The van der Waals surface area contributed by atoms with Crippen molar-refractivity contribution in [3.8, 4) is 0 Å². The molecular weight excluding hydrogens is 265 g/mol. The fourth-order valence-corrected chi connectivity index (χ4v) is 3.31. The molecule has 1 aliphatic rings. The average molecular weight is 283 g/mol. The lowest BCUT2D eigenvalue weighted by molar-refractivity contribution is -0.142. The zero-order valence-corrected chi connectivity index (χ0v) is 11.7. The first-order valence-electron chi connectivity index (χ1n) is 6.40. The second-order valence-corrected chi connectivity index (χ2v) is 6.15. The van der Waals surface area contributed by atoms with Crippen LogP contribution >= 0.6 is 11.8 Å². The van der Waals surface area contributed by atoms with E-state index < -0.39 is 5.97 Å². The predicted molar refractivity (Wildman–Crippen MR) is 73.9 cm³/mol. The van der Waals surface area contributed by atoms with Crippen LogP contribution in [-0.4, -0.2) is 41.4 Å². The minimum atomic E-state index is -0.693. The van der Waals surface area contributed by atoms with Gasteiger partial charge in [0.25, 0.3) is 0 Å². The highest BCUT2D eigenvalue weighted by Gasteiger charge is 2.34. The lowest BCUT2D eigenvalue weighted by atomic mass is 9.99. The van der Waals surface area contributed by atoms with Crippen molar-refractivity contribution in [3.63, 3.8) is 0 Å². The van der Waals surface area contributed by atoms with Gasteiger partial charge in [-0.25, -0.2) is 4.39 Å². The Hall–Kier alpha value is -1.07.